The first kappa shape index (κ1) is 13.1. The Bertz CT molecular complexity index is 443. The number of aromatic nitrogens is 2. The van der Waals surface area contributed by atoms with E-state index in [-0.39, 0.29) is 11.8 Å². The molecule has 0 saturated heterocycles. The number of fused-ring (bicyclic) bond motifs is 2. The largest absolute Gasteiger partial charge is 0.387 e. The molecule has 1 aromatic rings. The van der Waals surface area contributed by atoms with E-state index in [1.54, 1.807) is 24.1 Å². The van der Waals surface area contributed by atoms with Gasteiger partial charge in [0.15, 0.2) is 0 Å². The highest BCUT2D eigenvalue weighted by Crippen LogP contribution is 2.52. The van der Waals surface area contributed by atoms with Gasteiger partial charge in [0.25, 0.3) is 0 Å². The molecule has 3 N–H and O–H groups in total. The lowest BCUT2D eigenvalue weighted by Crippen LogP contribution is -2.54. The highest BCUT2D eigenvalue weighted by atomic mass is 16.4. The Balaban J connectivity index is 1.85. The van der Waals surface area contributed by atoms with Gasteiger partial charge in [0.2, 0.25) is 0 Å². The molecular weight excluding hydrogens is 244 g/mol. The number of aryl methyl sites for hydroxylation is 1. The quantitative estimate of drug-likeness (QED) is 0.754. The van der Waals surface area contributed by atoms with Gasteiger partial charge >= 0.3 is 0 Å². The maximum atomic E-state index is 10.9. The molecule has 106 valence electrons. The lowest BCUT2D eigenvalue weighted by atomic mass is 9.69. The molecule has 0 aliphatic heterocycles. The summed E-state index contributed by atoms with van der Waals surface area (Å²) in [6, 6.07) is 0. The van der Waals surface area contributed by atoms with Gasteiger partial charge in [0, 0.05) is 18.8 Å². The van der Waals surface area contributed by atoms with Gasteiger partial charge in [-0.25, -0.2) is 0 Å². The van der Waals surface area contributed by atoms with Crippen LogP contribution in [0.5, 0.6) is 0 Å². The van der Waals surface area contributed by atoms with Crippen LogP contribution in [0.1, 0.15) is 43.8 Å². The summed E-state index contributed by atoms with van der Waals surface area (Å²) in [5.74, 6) is 0.236. The molecule has 1 heterocycles. The summed E-state index contributed by atoms with van der Waals surface area (Å²) in [5, 5.41) is 35.8. The van der Waals surface area contributed by atoms with E-state index in [9.17, 15) is 15.3 Å². The van der Waals surface area contributed by atoms with Gasteiger partial charge in [-0.05, 0) is 37.5 Å². The van der Waals surface area contributed by atoms with Gasteiger partial charge in [-0.1, -0.05) is 6.42 Å². The van der Waals surface area contributed by atoms with E-state index in [0.717, 1.165) is 32.1 Å². The summed E-state index contributed by atoms with van der Waals surface area (Å²) < 4.78 is 1.59. The number of hydrogen-bond acceptors (Lipinski definition) is 4. The smallest absolute Gasteiger partial charge is 0.113 e. The second kappa shape index (κ2) is 4.58. The molecular formula is C14H22N2O3. The van der Waals surface area contributed by atoms with Gasteiger partial charge in [0.05, 0.1) is 11.8 Å². The predicted octanol–water partition coefficient (Wildman–Crippen LogP) is 0.756. The van der Waals surface area contributed by atoms with E-state index in [2.05, 4.69) is 5.10 Å². The van der Waals surface area contributed by atoms with Crippen molar-refractivity contribution >= 4 is 0 Å². The van der Waals surface area contributed by atoms with Crippen molar-refractivity contribution < 1.29 is 15.3 Å². The highest BCUT2D eigenvalue weighted by Gasteiger charge is 2.56. The number of nitrogens with zero attached hydrogens (tertiary/aromatic N) is 2. The predicted molar refractivity (Wildman–Crippen MR) is 69.2 cm³/mol. The van der Waals surface area contributed by atoms with Crippen LogP contribution in [0.4, 0.5) is 0 Å². The van der Waals surface area contributed by atoms with Crippen LogP contribution >= 0.6 is 0 Å². The SMILES string of the molecule is Cn1cc(C(O)C(O)C2(O)[C@@H]3CCC[C@H]2CC3)cn1. The van der Waals surface area contributed by atoms with Crippen molar-refractivity contribution in [2.75, 3.05) is 0 Å². The summed E-state index contributed by atoms with van der Waals surface area (Å²) in [4.78, 5) is 0. The van der Waals surface area contributed by atoms with Crippen LogP contribution in [0, 0.1) is 11.8 Å². The zero-order valence-corrected chi connectivity index (χ0v) is 11.2. The van der Waals surface area contributed by atoms with Gasteiger partial charge in [-0.2, -0.15) is 5.10 Å². The highest BCUT2D eigenvalue weighted by molar-refractivity contribution is 5.15. The molecule has 5 heteroatoms. The topological polar surface area (TPSA) is 78.5 Å². The lowest BCUT2D eigenvalue weighted by Gasteiger charge is -2.44. The Hall–Kier alpha value is -0.910. The second-order valence-corrected chi connectivity index (χ2v) is 6.13. The monoisotopic (exact) mass is 266 g/mol. The summed E-state index contributed by atoms with van der Waals surface area (Å²) >= 11 is 0. The van der Waals surface area contributed by atoms with Crippen molar-refractivity contribution in [2.24, 2.45) is 18.9 Å². The van der Waals surface area contributed by atoms with Crippen molar-refractivity contribution in [3.05, 3.63) is 18.0 Å². The number of hydrogen-bond donors (Lipinski definition) is 3. The van der Waals surface area contributed by atoms with Crippen LogP contribution in [0.25, 0.3) is 0 Å². The third-order valence-corrected chi connectivity index (χ3v) is 5.12. The molecule has 5 atom stereocenters. The van der Waals surface area contributed by atoms with E-state index in [4.69, 9.17) is 0 Å². The summed E-state index contributed by atoms with van der Waals surface area (Å²) in [7, 11) is 1.77. The molecule has 0 spiro atoms. The minimum absolute atomic E-state index is 0.118. The fourth-order valence-electron chi connectivity index (χ4n) is 4.07. The zero-order chi connectivity index (χ0) is 13.6. The summed E-state index contributed by atoms with van der Waals surface area (Å²) in [6.07, 6.45) is 5.95. The Kier molecular flexibility index (Phi) is 3.15. The molecule has 2 saturated carbocycles. The first-order chi connectivity index (χ1) is 9.03. The van der Waals surface area contributed by atoms with Crippen LogP contribution in [-0.4, -0.2) is 36.8 Å². The van der Waals surface area contributed by atoms with Crippen LogP contribution in [0.3, 0.4) is 0 Å². The molecule has 19 heavy (non-hydrogen) atoms. The minimum atomic E-state index is -1.13. The molecule has 2 bridgehead atoms. The van der Waals surface area contributed by atoms with Crippen LogP contribution in [-0.2, 0) is 7.05 Å². The fraction of sp³-hybridized carbons (Fsp3) is 0.786. The number of rotatable bonds is 3. The molecule has 2 aliphatic carbocycles. The normalized spacial score (nSPS) is 37.3. The van der Waals surface area contributed by atoms with E-state index >= 15 is 0 Å². The van der Waals surface area contributed by atoms with Gasteiger partial charge in [-0.3, -0.25) is 4.68 Å². The molecule has 2 aliphatic rings. The Labute approximate surface area is 112 Å². The summed E-state index contributed by atoms with van der Waals surface area (Å²) in [5.41, 5.74) is -0.568. The molecule has 1 aromatic heterocycles. The molecule has 2 fully saturated rings. The number of aliphatic hydroxyl groups is 3. The maximum absolute atomic E-state index is 10.9. The standard InChI is InChI=1S/C14H22N2O3/c1-16-8-9(7-15-16)12(17)13(18)14(19)10-3-2-4-11(14)6-5-10/h7-8,10-13,17-19H,2-6H2,1H3/t10-,11+,12?,13?,14?. The lowest BCUT2D eigenvalue weighted by molar-refractivity contribution is -0.178. The van der Waals surface area contributed by atoms with E-state index in [0.29, 0.717) is 5.56 Å². The fourth-order valence-corrected chi connectivity index (χ4v) is 4.07. The summed E-state index contributed by atoms with van der Waals surface area (Å²) in [6.45, 7) is 0. The van der Waals surface area contributed by atoms with Gasteiger partial charge in [-0.15, -0.1) is 0 Å². The third kappa shape index (κ3) is 1.91. The minimum Gasteiger partial charge on any atom is -0.387 e. The first-order valence-corrected chi connectivity index (χ1v) is 7.10. The van der Waals surface area contributed by atoms with E-state index in [1.165, 1.54) is 0 Å². The third-order valence-electron chi connectivity index (χ3n) is 5.12. The molecule has 3 unspecified atom stereocenters. The van der Waals surface area contributed by atoms with Gasteiger partial charge < -0.3 is 15.3 Å². The molecule has 0 amide bonds. The zero-order valence-electron chi connectivity index (χ0n) is 11.2. The molecule has 0 aromatic carbocycles. The van der Waals surface area contributed by atoms with Crippen molar-refractivity contribution in [1.29, 1.82) is 0 Å². The van der Waals surface area contributed by atoms with Crippen molar-refractivity contribution in [3.8, 4) is 0 Å². The Morgan fingerprint density at radius 1 is 1.26 bits per heavy atom. The van der Waals surface area contributed by atoms with Crippen molar-refractivity contribution in [2.45, 2.75) is 49.9 Å². The number of aliphatic hydroxyl groups excluding tert-OH is 2. The average Bonchev–Trinajstić information content (AvgIpc) is 2.85. The van der Waals surface area contributed by atoms with Crippen LogP contribution in [0.2, 0.25) is 0 Å². The maximum Gasteiger partial charge on any atom is 0.113 e. The molecule has 0 radical (unpaired) electrons. The van der Waals surface area contributed by atoms with Crippen LogP contribution in [0.15, 0.2) is 12.4 Å². The van der Waals surface area contributed by atoms with Crippen LogP contribution < -0.4 is 0 Å². The molecule has 3 rings (SSSR count). The van der Waals surface area contributed by atoms with E-state index in [1.807, 2.05) is 0 Å². The Morgan fingerprint density at radius 2 is 1.89 bits per heavy atom. The Morgan fingerprint density at radius 3 is 2.42 bits per heavy atom. The second-order valence-electron chi connectivity index (χ2n) is 6.13. The van der Waals surface area contributed by atoms with E-state index < -0.39 is 17.8 Å². The van der Waals surface area contributed by atoms with Gasteiger partial charge in [0.1, 0.15) is 12.2 Å². The van der Waals surface area contributed by atoms with Crippen molar-refractivity contribution in [1.82, 2.24) is 9.78 Å². The molecule has 5 nitrogen and oxygen atoms in total. The average molecular weight is 266 g/mol. The van der Waals surface area contributed by atoms with Crippen molar-refractivity contribution in [3.63, 3.8) is 0 Å². The first-order valence-electron chi connectivity index (χ1n) is 7.10.